The van der Waals surface area contributed by atoms with E-state index in [0.29, 0.717) is 13.2 Å². The molecule has 0 spiro atoms. The molecule has 134 valence electrons. The largest absolute Gasteiger partial charge is 0.383 e. The van der Waals surface area contributed by atoms with Crippen LogP contribution in [0.5, 0.6) is 0 Å². The second kappa shape index (κ2) is 7.31. The van der Waals surface area contributed by atoms with E-state index in [9.17, 15) is 4.79 Å². The molecule has 0 aliphatic heterocycles. The summed E-state index contributed by atoms with van der Waals surface area (Å²) >= 11 is 0. The van der Waals surface area contributed by atoms with Gasteiger partial charge in [0.1, 0.15) is 5.69 Å². The standard InChI is InChI=1S/C20H27N3O2/c1-5-11-22(6-2)20(24)18-14-17-19(23(18)12-13-25-4)15-9-7-8-10-16(15)21(17)3/h7-10,14H,5-6,11-13H2,1-4H3. The molecule has 0 aliphatic rings. The maximum Gasteiger partial charge on any atom is 0.270 e. The highest BCUT2D eigenvalue weighted by Gasteiger charge is 2.23. The van der Waals surface area contributed by atoms with Crippen LogP contribution in [-0.2, 0) is 18.3 Å². The van der Waals surface area contributed by atoms with Crippen molar-refractivity contribution >= 4 is 27.8 Å². The molecular formula is C20H27N3O2. The lowest BCUT2D eigenvalue weighted by Gasteiger charge is -2.21. The van der Waals surface area contributed by atoms with Crippen molar-refractivity contribution in [3.8, 4) is 0 Å². The number of ether oxygens (including phenoxy) is 1. The quantitative estimate of drug-likeness (QED) is 0.658. The summed E-state index contributed by atoms with van der Waals surface area (Å²) in [6.45, 7) is 6.88. The molecule has 0 aliphatic carbocycles. The molecule has 0 radical (unpaired) electrons. The predicted octanol–water partition coefficient (Wildman–Crippen LogP) is 3.65. The SMILES string of the molecule is CCCN(CC)C(=O)c1cc2c(c3ccccc3n2C)n1CCOC. The Balaban J connectivity index is 2.21. The van der Waals surface area contributed by atoms with Crippen molar-refractivity contribution in [2.45, 2.75) is 26.8 Å². The summed E-state index contributed by atoms with van der Waals surface area (Å²) < 4.78 is 9.59. The zero-order chi connectivity index (χ0) is 18.0. The minimum atomic E-state index is 0.0979. The van der Waals surface area contributed by atoms with Crippen LogP contribution in [0.1, 0.15) is 30.8 Å². The Bertz CT molecular complexity index is 891. The molecule has 25 heavy (non-hydrogen) atoms. The van der Waals surface area contributed by atoms with Crippen molar-refractivity contribution in [1.82, 2.24) is 14.0 Å². The van der Waals surface area contributed by atoms with E-state index in [0.717, 1.165) is 36.2 Å². The highest BCUT2D eigenvalue weighted by molar-refractivity contribution is 6.10. The number of nitrogens with zero attached hydrogens (tertiary/aromatic N) is 3. The molecule has 0 saturated heterocycles. The first-order chi connectivity index (χ1) is 12.1. The van der Waals surface area contributed by atoms with Crippen molar-refractivity contribution in [2.24, 2.45) is 7.05 Å². The summed E-state index contributed by atoms with van der Waals surface area (Å²) in [6, 6.07) is 10.4. The summed E-state index contributed by atoms with van der Waals surface area (Å²) in [5, 5.41) is 1.17. The van der Waals surface area contributed by atoms with Crippen molar-refractivity contribution in [3.63, 3.8) is 0 Å². The first-order valence-electron chi connectivity index (χ1n) is 8.98. The second-order valence-corrected chi connectivity index (χ2v) is 6.37. The molecule has 1 aromatic carbocycles. The van der Waals surface area contributed by atoms with Crippen LogP contribution >= 0.6 is 0 Å². The third kappa shape index (κ3) is 2.93. The molecule has 5 nitrogen and oxygen atoms in total. The van der Waals surface area contributed by atoms with Crippen LogP contribution in [0.4, 0.5) is 0 Å². The molecule has 0 N–H and O–H groups in total. The normalized spacial score (nSPS) is 11.5. The second-order valence-electron chi connectivity index (χ2n) is 6.37. The smallest absolute Gasteiger partial charge is 0.270 e. The van der Waals surface area contributed by atoms with Gasteiger partial charge in [0.15, 0.2) is 0 Å². The van der Waals surface area contributed by atoms with Crippen LogP contribution < -0.4 is 0 Å². The Hall–Kier alpha value is -2.27. The van der Waals surface area contributed by atoms with Gasteiger partial charge in [0, 0.05) is 39.2 Å². The van der Waals surface area contributed by atoms with Crippen LogP contribution in [-0.4, -0.2) is 46.7 Å². The number of para-hydroxylation sites is 1. The van der Waals surface area contributed by atoms with E-state index < -0.39 is 0 Å². The molecule has 2 heterocycles. The molecule has 0 bridgehead atoms. The Morgan fingerprint density at radius 2 is 1.96 bits per heavy atom. The van der Waals surface area contributed by atoms with E-state index in [1.165, 1.54) is 10.9 Å². The van der Waals surface area contributed by atoms with Crippen LogP contribution in [0.3, 0.4) is 0 Å². The number of carbonyl (C=O) groups is 1. The van der Waals surface area contributed by atoms with Gasteiger partial charge in [-0.3, -0.25) is 4.79 Å². The van der Waals surface area contributed by atoms with E-state index >= 15 is 0 Å². The lowest BCUT2D eigenvalue weighted by Crippen LogP contribution is -2.33. The predicted molar refractivity (Wildman–Crippen MR) is 102 cm³/mol. The van der Waals surface area contributed by atoms with E-state index in [1.807, 2.05) is 30.0 Å². The fourth-order valence-corrected chi connectivity index (χ4v) is 3.60. The van der Waals surface area contributed by atoms with Crippen molar-refractivity contribution in [3.05, 3.63) is 36.0 Å². The van der Waals surface area contributed by atoms with Gasteiger partial charge in [-0.1, -0.05) is 25.1 Å². The molecule has 3 aromatic rings. The third-order valence-corrected chi connectivity index (χ3v) is 4.86. The van der Waals surface area contributed by atoms with E-state index in [1.54, 1.807) is 7.11 Å². The Kier molecular flexibility index (Phi) is 5.13. The van der Waals surface area contributed by atoms with E-state index in [-0.39, 0.29) is 5.91 Å². The maximum absolute atomic E-state index is 13.1. The van der Waals surface area contributed by atoms with Crippen LogP contribution in [0, 0.1) is 0 Å². The van der Waals surface area contributed by atoms with Crippen LogP contribution in [0.25, 0.3) is 21.9 Å². The number of methoxy groups -OCH3 is 1. The molecular weight excluding hydrogens is 314 g/mol. The minimum Gasteiger partial charge on any atom is -0.383 e. The molecule has 1 amide bonds. The molecule has 0 unspecified atom stereocenters. The molecule has 3 rings (SSSR count). The van der Waals surface area contributed by atoms with Gasteiger partial charge >= 0.3 is 0 Å². The van der Waals surface area contributed by atoms with E-state index in [2.05, 4.69) is 35.2 Å². The zero-order valence-corrected chi connectivity index (χ0v) is 15.6. The fourth-order valence-electron chi connectivity index (χ4n) is 3.60. The van der Waals surface area contributed by atoms with Crippen LogP contribution in [0.2, 0.25) is 0 Å². The number of hydrogen-bond acceptors (Lipinski definition) is 2. The Morgan fingerprint density at radius 3 is 2.64 bits per heavy atom. The average molecular weight is 341 g/mol. The molecule has 0 saturated carbocycles. The van der Waals surface area contributed by atoms with Gasteiger partial charge in [0.2, 0.25) is 0 Å². The van der Waals surface area contributed by atoms with Crippen LogP contribution in [0.15, 0.2) is 30.3 Å². The fraction of sp³-hybridized carbons (Fsp3) is 0.450. The third-order valence-electron chi connectivity index (χ3n) is 4.86. The summed E-state index contributed by atoms with van der Waals surface area (Å²) in [7, 11) is 3.75. The van der Waals surface area contributed by atoms with Gasteiger partial charge in [-0.05, 0) is 25.5 Å². The van der Waals surface area contributed by atoms with Gasteiger partial charge in [-0.25, -0.2) is 0 Å². The van der Waals surface area contributed by atoms with E-state index in [4.69, 9.17) is 4.74 Å². The van der Waals surface area contributed by atoms with Gasteiger partial charge < -0.3 is 18.8 Å². The number of aromatic nitrogens is 2. The summed E-state index contributed by atoms with van der Waals surface area (Å²) in [5.74, 6) is 0.0979. The Labute approximate surface area is 148 Å². The highest BCUT2D eigenvalue weighted by atomic mass is 16.5. The number of carbonyl (C=O) groups excluding carboxylic acids is 1. The van der Waals surface area contributed by atoms with Crippen molar-refractivity contribution in [1.29, 1.82) is 0 Å². The zero-order valence-electron chi connectivity index (χ0n) is 15.6. The topological polar surface area (TPSA) is 39.4 Å². The summed E-state index contributed by atoms with van der Waals surface area (Å²) in [6.07, 6.45) is 0.959. The van der Waals surface area contributed by atoms with Gasteiger partial charge in [-0.15, -0.1) is 0 Å². The number of hydrogen-bond donors (Lipinski definition) is 0. The maximum atomic E-state index is 13.1. The van der Waals surface area contributed by atoms with Crippen molar-refractivity contribution in [2.75, 3.05) is 26.8 Å². The van der Waals surface area contributed by atoms with Gasteiger partial charge in [0.25, 0.3) is 5.91 Å². The lowest BCUT2D eigenvalue weighted by molar-refractivity contribution is 0.0752. The molecule has 5 heteroatoms. The number of benzene rings is 1. The number of rotatable bonds is 7. The highest BCUT2D eigenvalue weighted by Crippen LogP contribution is 2.31. The summed E-state index contributed by atoms with van der Waals surface area (Å²) in [4.78, 5) is 15.0. The first kappa shape index (κ1) is 17.5. The average Bonchev–Trinajstić information content (AvgIpc) is 3.14. The Morgan fingerprint density at radius 1 is 1.20 bits per heavy atom. The number of aryl methyl sites for hydroxylation is 1. The lowest BCUT2D eigenvalue weighted by atomic mass is 10.2. The number of fused-ring (bicyclic) bond motifs is 3. The minimum absolute atomic E-state index is 0.0979. The monoisotopic (exact) mass is 341 g/mol. The summed E-state index contributed by atoms with van der Waals surface area (Å²) in [5.41, 5.74) is 4.14. The van der Waals surface area contributed by atoms with Gasteiger partial charge in [-0.2, -0.15) is 0 Å². The van der Waals surface area contributed by atoms with Crippen molar-refractivity contribution < 1.29 is 9.53 Å². The first-order valence-corrected chi connectivity index (χ1v) is 8.98. The molecule has 0 fully saturated rings. The molecule has 2 aromatic heterocycles. The molecule has 0 atom stereocenters. The number of amides is 1. The van der Waals surface area contributed by atoms with Gasteiger partial charge in [0.05, 0.1) is 23.2 Å².